The molecule has 0 aliphatic heterocycles. The van der Waals surface area contributed by atoms with E-state index < -0.39 is 0 Å². The highest BCUT2D eigenvalue weighted by Gasteiger charge is 2.37. The van der Waals surface area contributed by atoms with Crippen LogP contribution in [0.4, 0.5) is 0 Å². The molecule has 0 N–H and O–H groups in total. The summed E-state index contributed by atoms with van der Waals surface area (Å²) in [6, 6.07) is 53.0. The van der Waals surface area contributed by atoms with E-state index in [0.717, 1.165) is 33.5 Å². The van der Waals surface area contributed by atoms with Gasteiger partial charge in [-0.25, -0.2) is 15.0 Å². The summed E-state index contributed by atoms with van der Waals surface area (Å²) in [6.07, 6.45) is 1.86. The van der Waals surface area contributed by atoms with Gasteiger partial charge < -0.3 is 0 Å². The van der Waals surface area contributed by atoms with E-state index in [4.69, 9.17) is 19.9 Å². The minimum absolute atomic E-state index is 0.133. The number of hydrogen-bond donors (Lipinski definition) is 0. The zero-order valence-corrected chi connectivity index (χ0v) is 27.3. The normalized spacial score (nSPS) is 12.9. The molecule has 9 rings (SSSR count). The third-order valence-corrected chi connectivity index (χ3v) is 9.77. The molecule has 232 valence electrons. The van der Waals surface area contributed by atoms with E-state index in [-0.39, 0.29) is 5.41 Å². The summed E-state index contributed by atoms with van der Waals surface area (Å²) in [4.78, 5) is 20.0. The number of benzene rings is 6. The maximum atomic E-state index is 5.09. The Labute approximate surface area is 285 Å². The first kappa shape index (κ1) is 28.9. The summed E-state index contributed by atoms with van der Waals surface area (Å²) in [5.41, 5.74) is 12.1. The fourth-order valence-electron chi connectivity index (χ4n) is 7.27. The molecular weight excluding hydrogens is 597 g/mol. The Kier molecular flexibility index (Phi) is 6.77. The molecule has 8 aromatic rings. The fraction of sp³-hybridized carbons (Fsp3) is 0.0667. The maximum absolute atomic E-state index is 5.09. The molecule has 0 fully saturated rings. The Morgan fingerprint density at radius 3 is 1.71 bits per heavy atom. The van der Waals surface area contributed by atoms with Gasteiger partial charge in [0.05, 0.1) is 5.69 Å². The van der Waals surface area contributed by atoms with Gasteiger partial charge in [0.2, 0.25) is 0 Å². The van der Waals surface area contributed by atoms with Crippen LogP contribution in [0.15, 0.2) is 158 Å². The van der Waals surface area contributed by atoms with E-state index in [1.807, 2.05) is 42.6 Å². The Morgan fingerprint density at radius 1 is 0.429 bits per heavy atom. The van der Waals surface area contributed by atoms with Crippen LogP contribution < -0.4 is 0 Å². The lowest BCUT2D eigenvalue weighted by Gasteiger charge is -2.23. The Bertz CT molecular complexity index is 2380. The van der Waals surface area contributed by atoms with E-state index >= 15 is 0 Å². The zero-order valence-electron chi connectivity index (χ0n) is 27.3. The topological polar surface area (TPSA) is 51.6 Å². The number of fused-ring (bicyclic) bond motifs is 5. The summed E-state index contributed by atoms with van der Waals surface area (Å²) >= 11 is 0. The molecule has 6 aromatic carbocycles. The molecule has 1 aliphatic carbocycles. The molecular formula is C45H32N4. The smallest absolute Gasteiger partial charge is 0.165 e. The first-order chi connectivity index (χ1) is 24.0. The van der Waals surface area contributed by atoms with Crippen molar-refractivity contribution >= 4 is 10.8 Å². The number of nitrogens with zero attached hydrogens (tertiary/aromatic N) is 4. The van der Waals surface area contributed by atoms with Crippen LogP contribution >= 0.6 is 0 Å². The van der Waals surface area contributed by atoms with Gasteiger partial charge in [0.15, 0.2) is 17.5 Å². The van der Waals surface area contributed by atoms with Crippen LogP contribution in [-0.2, 0) is 5.41 Å². The molecule has 2 heterocycles. The minimum atomic E-state index is -0.133. The standard InChI is InChI=1S/C45H32N4/c1-45(2)39-25-22-34(27-38(39)37-24-21-31-13-9-10-16-36(31)41(37)45)43-47-42(33-19-17-30(18-20-33)29-11-5-3-6-12-29)48-44(49-43)35-23-26-40(46-28-35)32-14-7-4-8-15-32/h3-28H,1-2H3. The van der Waals surface area contributed by atoms with Crippen molar-refractivity contribution in [2.24, 2.45) is 0 Å². The van der Waals surface area contributed by atoms with Gasteiger partial charge in [-0.3, -0.25) is 4.98 Å². The van der Waals surface area contributed by atoms with Gasteiger partial charge in [-0.15, -0.1) is 0 Å². The average Bonchev–Trinajstić information content (AvgIpc) is 3.41. The lowest BCUT2D eigenvalue weighted by atomic mass is 9.80. The van der Waals surface area contributed by atoms with Gasteiger partial charge in [-0.1, -0.05) is 147 Å². The molecule has 0 saturated heterocycles. The van der Waals surface area contributed by atoms with Crippen LogP contribution in [0.2, 0.25) is 0 Å². The molecule has 4 heteroatoms. The van der Waals surface area contributed by atoms with Crippen molar-refractivity contribution in [3.8, 4) is 67.7 Å². The van der Waals surface area contributed by atoms with Gasteiger partial charge in [0, 0.05) is 33.9 Å². The van der Waals surface area contributed by atoms with Crippen LogP contribution in [0.3, 0.4) is 0 Å². The quantitative estimate of drug-likeness (QED) is 0.190. The van der Waals surface area contributed by atoms with Crippen LogP contribution in [0.25, 0.3) is 78.4 Å². The van der Waals surface area contributed by atoms with E-state index in [9.17, 15) is 0 Å². The van der Waals surface area contributed by atoms with E-state index in [1.54, 1.807) is 0 Å². The molecule has 0 atom stereocenters. The lowest BCUT2D eigenvalue weighted by molar-refractivity contribution is 0.666. The SMILES string of the molecule is CC1(C)c2ccc(-c3nc(-c4ccc(-c5ccccc5)cc4)nc(-c4ccc(-c5ccccc5)nc4)n3)cc2-c2ccc3ccccc3c21. The lowest BCUT2D eigenvalue weighted by Crippen LogP contribution is -2.15. The highest BCUT2D eigenvalue weighted by Crippen LogP contribution is 2.52. The molecule has 0 saturated carbocycles. The Balaban J connectivity index is 1.18. The Morgan fingerprint density at radius 2 is 1.00 bits per heavy atom. The highest BCUT2D eigenvalue weighted by molar-refractivity contribution is 5.98. The van der Waals surface area contributed by atoms with E-state index in [2.05, 4.69) is 129 Å². The molecule has 0 unspecified atom stereocenters. The monoisotopic (exact) mass is 628 g/mol. The van der Waals surface area contributed by atoms with Gasteiger partial charge in [-0.05, 0) is 62.4 Å². The second-order valence-corrected chi connectivity index (χ2v) is 13.1. The van der Waals surface area contributed by atoms with Crippen molar-refractivity contribution < 1.29 is 0 Å². The predicted octanol–water partition coefficient (Wildman–Crippen LogP) is 11.1. The van der Waals surface area contributed by atoms with Crippen LogP contribution in [-0.4, -0.2) is 19.9 Å². The molecule has 49 heavy (non-hydrogen) atoms. The van der Waals surface area contributed by atoms with Crippen molar-refractivity contribution in [2.45, 2.75) is 19.3 Å². The minimum Gasteiger partial charge on any atom is -0.255 e. The molecule has 2 aromatic heterocycles. The molecule has 0 amide bonds. The summed E-state index contributed by atoms with van der Waals surface area (Å²) < 4.78 is 0. The van der Waals surface area contributed by atoms with Crippen molar-refractivity contribution in [3.05, 3.63) is 169 Å². The summed E-state index contributed by atoms with van der Waals surface area (Å²) in [5, 5.41) is 2.57. The second-order valence-electron chi connectivity index (χ2n) is 13.1. The van der Waals surface area contributed by atoms with E-state index in [0.29, 0.717) is 17.5 Å². The largest absolute Gasteiger partial charge is 0.255 e. The summed E-state index contributed by atoms with van der Waals surface area (Å²) in [5.74, 6) is 1.85. The third-order valence-electron chi connectivity index (χ3n) is 9.77. The van der Waals surface area contributed by atoms with Crippen molar-refractivity contribution in [1.29, 1.82) is 0 Å². The number of hydrogen-bond acceptors (Lipinski definition) is 4. The van der Waals surface area contributed by atoms with Gasteiger partial charge in [0.25, 0.3) is 0 Å². The predicted molar refractivity (Wildman–Crippen MR) is 200 cm³/mol. The molecule has 1 aliphatic rings. The molecule has 0 radical (unpaired) electrons. The second kappa shape index (κ2) is 11.5. The first-order valence-corrected chi connectivity index (χ1v) is 16.6. The molecule has 0 bridgehead atoms. The highest BCUT2D eigenvalue weighted by atomic mass is 15.0. The van der Waals surface area contributed by atoms with Gasteiger partial charge >= 0.3 is 0 Å². The Hall–Kier alpha value is -6.26. The van der Waals surface area contributed by atoms with Crippen LogP contribution in [0.1, 0.15) is 25.0 Å². The van der Waals surface area contributed by atoms with E-state index in [1.165, 1.54) is 38.6 Å². The third kappa shape index (κ3) is 5.01. The average molecular weight is 629 g/mol. The number of rotatable bonds is 5. The first-order valence-electron chi connectivity index (χ1n) is 16.6. The number of aromatic nitrogens is 4. The van der Waals surface area contributed by atoms with Crippen LogP contribution in [0.5, 0.6) is 0 Å². The molecule has 4 nitrogen and oxygen atoms in total. The van der Waals surface area contributed by atoms with Crippen molar-refractivity contribution in [3.63, 3.8) is 0 Å². The summed E-state index contributed by atoms with van der Waals surface area (Å²) in [7, 11) is 0. The molecule has 0 spiro atoms. The summed E-state index contributed by atoms with van der Waals surface area (Å²) in [6.45, 7) is 4.66. The number of pyridine rings is 1. The van der Waals surface area contributed by atoms with Crippen molar-refractivity contribution in [1.82, 2.24) is 19.9 Å². The zero-order chi connectivity index (χ0) is 33.0. The van der Waals surface area contributed by atoms with Crippen molar-refractivity contribution in [2.75, 3.05) is 0 Å². The van der Waals surface area contributed by atoms with Gasteiger partial charge in [-0.2, -0.15) is 0 Å². The maximum Gasteiger partial charge on any atom is 0.165 e. The fourth-order valence-corrected chi connectivity index (χ4v) is 7.27. The van der Waals surface area contributed by atoms with Crippen LogP contribution in [0, 0.1) is 0 Å². The van der Waals surface area contributed by atoms with Gasteiger partial charge in [0.1, 0.15) is 0 Å².